The first-order valence-electron chi connectivity index (χ1n) is 13.9. The second-order valence-corrected chi connectivity index (χ2v) is 12.8. The number of anilines is 1. The lowest BCUT2D eigenvalue weighted by atomic mass is 10.0. The molecule has 2 aromatic rings. The number of hydrogen-bond donors (Lipinski definition) is 0. The summed E-state index contributed by atoms with van der Waals surface area (Å²) in [6.45, 7) is 9.49. The van der Waals surface area contributed by atoms with Gasteiger partial charge in [0.05, 0.1) is 5.02 Å². The molecule has 8 nitrogen and oxygen atoms in total. The summed E-state index contributed by atoms with van der Waals surface area (Å²) < 4.78 is 5.91. The minimum Gasteiger partial charge on any atom is -0.446 e. The molecule has 3 amide bonds. The molecule has 3 aliphatic rings. The van der Waals surface area contributed by atoms with E-state index in [1.165, 1.54) is 11.3 Å². The average Bonchev–Trinajstić information content (AvgIpc) is 3.63. The third-order valence-electron chi connectivity index (χ3n) is 8.36. The molecule has 216 valence electrons. The standard InChI is InChI=1S/C29H36Cl2N4O4S/c1-19-4-5-23(14-26(19)31)35(29(38)39-24-6-11-33(12-7-24)20(2)36)10-3-9-32-15-21-17-34(18-22(21)16-32)28(37)27-25(30)8-13-40-27/h4-5,8,13-14,21-22,24H,3,6-7,9-12,15-18H2,1-2H3. The summed E-state index contributed by atoms with van der Waals surface area (Å²) >= 11 is 14.0. The molecule has 3 fully saturated rings. The van der Waals surface area contributed by atoms with Crippen molar-refractivity contribution in [3.8, 4) is 0 Å². The lowest BCUT2D eigenvalue weighted by molar-refractivity contribution is -0.130. The van der Waals surface area contributed by atoms with E-state index in [2.05, 4.69) is 4.90 Å². The predicted molar refractivity (Wildman–Crippen MR) is 159 cm³/mol. The highest BCUT2D eigenvalue weighted by Gasteiger charge is 2.42. The van der Waals surface area contributed by atoms with E-state index in [4.69, 9.17) is 27.9 Å². The van der Waals surface area contributed by atoms with Gasteiger partial charge in [-0.3, -0.25) is 14.5 Å². The Morgan fingerprint density at radius 3 is 2.30 bits per heavy atom. The minimum atomic E-state index is -0.374. The number of nitrogens with zero attached hydrogens (tertiary/aromatic N) is 4. The first-order chi connectivity index (χ1) is 19.2. The molecular weight excluding hydrogens is 571 g/mol. The summed E-state index contributed by atoms with van der Waals surface area (Å²) in [5.74, 6) is 1.01. The van der Waals surface area contributed by atoms with E-state index in [0.717, 1.165) is 50.4 Å². The van der Waals surface area contributed by atoms with E-state index in [-0.39, 0.29) is 24.0 Å². The fraction of sp³-hybridized carbons (Fsp3) is 0.552. The second-order valence-electron chi connectivity index (χ2n) is 11.1. The quantitative estimate of drug-likeness (QED) is 0.421. The molecule has 0 radical (unpaired) electrons. The smallest absolute Gasteiger partial charge is 0.414 e. The Hall–Kier alpha value is -2.33. The molecule has 0 spiro atoms. The van der Waals surface area contributed by atoms with Gasteiger partial charge in [0.15, 0.2) is 0 Å². The van der Waals surface area contributed by atoms with Crippen LogP contribution in [0, 0.1) is 18.8 Å². The van der Waals surface area contributed by atoms with E-state index in [9.17, 15) is 14.4 Å². The Labute approximate surface area is 249 Å². The van der Waals surface area contributed by atoms with Crippen LogP contribution in [0.3, 0.4) is 0 Å². The van der Waals surface area contributed by atoms with Crippen LogP contribution in [0.15, 0.2) is 29.6 Å². The number of carbonyl (C=O) groups is 3. The van der Waals surface area contributed by atoms with Crippen molar-refractivity contribution >= 4 is 58.1 Å². The molecule has 1 aromatic carbocycles. The summed E-state index contributed by atoms with van der Waals surface area (Å²) in [5, 5.41) is 3.00. The van der Waals surface area contributed by atoms with Gasteiger partial charge in [0.25, 0.3) is 5.91 Å². The molecule has 11 heteroatoms. The molecule has 2 atom stereocenters. The molecule has 0 aliphatic carbocycles. The van der Waals surface area contributed by atoms with E-state index in [1.54, 1.807) is 22.8 Å². The number of ether oxygens (including phenoxy) is 1. The lowest BCUT2D eigenvalue weighted by Gasteiger charge is -2.32. The number of aryl methyl sites for hydroxylation is 1. The number of fused-ring (bicyclic) bond motifs is 1. The number of piperidine rings is 1. The van der Waals surface area contributed by atoms with Crippen molar-refractivity contribution in [2.75, 3.05) is 57.3 Å². The molecule has 0 N–H and O–H groups in total. The first kappa shape index (κ1) is 29.2. The van der Waals surface area contributed by atoms with Gasteiger partial charge in [-0.15, -0.1) is 11.3 Å². The van der Waals surface area contributed by atoms with Gasteiger partial charge < -0.3 is 19.4 Å². The van der Waals surface area contributed by atoms with Gasteiger partial charge in [-0.1, -0.05) is 29.3 Å². The van der Waals surface area contributed by atoms with Crippen LogP contribution in [0.1, 0.15) is 41.4 Å². The van der Waals surface area contributed by atoms with E-state index < -0.39 is 0 Å². The van der Waals surface area contributed by atoms with Crippen molar-refractivity contribution in [3.63, 3.8) is 0 Å². The summed E-state index contributed by atoms with van der Waals surface area (Å²) in [4.78, 5) is 46.4. The van der Waals surface area contributed by atoms with Gasteiger partial charge in [-0.25, -0.2) is 4.79 Å². The Morgan fingerprint density at radius 1 is 1.00 bits per heavy atom. The second kappa shape index (κ2) is 12.7. The fourth-order valence-corrected chi connectivity index (χ4v) is 7.33. The number of likely N-dealkylation sites (tertiary alicyclic amines) is 3. The third kappa shape index (κ3) is 6.59. The molecule has 0 bridgehead atoms. The summed E-state index contributed by atoms with van der Waals surface area (Å²) in [6.07, 6.45) is 1.49. The Bertz CT molecular complexity index is 1230. The number of benzene rings is 1. The number of rotatable bonds is 7. The van der Waals surface area contributed by atoms with Gasteiger partial charge in [0.1, 0.15) is 11.0 Å². The molecule has 40 heavy (non-hydrogen) atoms. The van der Waals surface area contributed by atoms with Gasteiger partial charge >= 0.3 is 6.09 Å². The number of hydrogen-bond acceptors (Lipinski definition) is 6. The lowest BCUT2D eigenvalue weighted by Crippen LogP contribution is -2.43. The predicted octanol–water partition coefficient (Wildman–Crippen LogP) is 5.41. The van der Waals surface area contributed by atoms with Crippen molar-refractivity contribution in [1.82, 2.24) is 14.7 Å². The van der Waals surface area contributed by atoms with Crippen LogP contribution in [-0.2, 0) is 9.53 Å². The van der Waals surface area contributed by atoms with Crippen LogP contribution in [0.5, 0.6) is 0 Å². The summed E-state index contributed by atoms with van der Waals surface area (Å²) in [7, 11) is 0. The van der Waals surface area contributed by atoms with Gasteiger partial charge in [-0.05, 0) is 60.9 Å². The van der Waals surface area contributed by atoms with Crippen molar-refractivity contribution in [2.45, 2.75) is 39.2 Å². The van der Waals surface area contributed by atoms with Crippen molar-refractivity contribution < 1.29 is 19.1 Å². The topological polar surface area (TPSA) is 73.4 Å². The first-order valence-corrected chi connectivity index (χ1v) is 15.6. The van der Waals surface area contributed by atoms with Crippen LogP contribution in [0.25, 0.3) is 0 Å². The average molecular weight is 608 g/mol. The Morgan fingerprint density at radius 2 is 1.70 bits per heavy atom. The number of thiophene rings is 1. The van der Waals surface area contributed by atoms with Crippen molar-refractivity contribution in [1.29, 1.82) is 0 Å². The molecule has 0 saturated carbocycles. The van der Waals surface area contributed by atoms with Gasteiger partial charge in [-0.2, -0.15) is 0 Å². The van der Waals surface area contributed by atoms with Gasteiger partial charge in [0, 0.05) is 76.3 Å². The van der Waals surface area contributed by atoms with E-state index in [1.807, 2.05) is 35.4 Å². The number of amides is 3. The summed E-state index contributed by atoms with van der Waals surface area (Å²) in [5.41, 5.74) is 1.68. The monoisotopic (exact) mass is 606 g/mol. The summed E-state index contributed by atoms with van der Waals surface area (Å²) in [6, 6.07) is 7.43. The highest BCUT2D eigenvalue weighted by Crippen LogP contribution is 2.34. The third-order valence-corrected chi connectivity index (χ3v) is 10.1. The van der Waals surface area contributed by atoms with Crippen molar-refractivity contribution in [2.24, 2.45) is 11.8 Å². The van der Waals surface area contributed by atoms with E-state index in [0.29, 0.717) is 59.2 Å². The highest BCUT2D eigenvalue weighted by molar-refractivity contribution is 7.12. The number of carbonyl (C=O) groups excluding carboxylic acids is 3. The van der Waals surface area contributed by atoms with Crippen LogP contribution < -0.4 is 4.90 Å². The Balaban J connectivity index is 1.14. The molecule has 1 aromatic heterocycles. The molecule has 4 heterocycles. The zero-order chi connectivity index (χ0) is 28.4. The molecule has 3 saturated heterocycles. The SMILES string of the molecule is CC(=O)N1CCC(OC(=O)N(CCCN2CC3CN(C(=O)c4sccc4Cl)CC3C2)c2ccc(C)c(Cl)c2)CC1. The normalized spacial score (nSPS) is 21.5. The molecule has 5 rings (SSSR count). The minimum absolute atomic E-state index is 0.0406. The number of halogens is 2. The molecule has 3 aliphatic heterocycles. The Kier molecular flexibility index (Phi) is 9.24. The van der Waals surface area contributed by atoms with Crippen LogP contribution in [-0.4, -0.2) is 91.1 Å². The molecule has 2 unspecified atom stereocenters. The largest absolute Gasteiger partial charge is 0.446 e. The maximum absolute atomic E-state index is 13.4. The maximum Gasteiger partial charge on any atom is 0.414 e. The van der Waals surface area contributed by atoms with Crippen LogP contribution >= 0.6 is 34.5 Å². The maximum atomic E-state index is 13.4. The zero-order valence-electron chi connectivity index (χ0n) is 23.0. The van der Waals surface area contributed by atoms with Crippen LogP contribution in [0.2, 0.25) is 10.0 Å². The van der Waals surface area contributed by atoms with Crippen molar-refractivity contribution in [3.05, 3.63) is 50.1 Å². The molecular formula is C29H36Cl2N4O4S. The fourth-order valence-electron chi connectivity index (χ4n) is 6.05. The van der Waals surface area contributed by atoms with Gasteiger partial charge in [0.2, 0.25) is 5.91 Å². The van der Waals surface area contributed by atoms with Crippen LogP contribution in [0.4, 0.5) is 10.5 Å². The zero-order valence-corrected chi connectivity index (χ0v) is 25.3. The highest BCUT2D eigenvalue weighted by atomic mass is 35.5. The van der Waals surface area contributed by atoms with E-state index >= 15 is 0 Å².